The molecule has 1 atom stereocenters. The highest BCUT2D eigenvalue weighted by molar-refractivity contribution is 7.89. The summed E-state index contributed by atoms with van der Waals surface area (Å²) in [6.07, 6.45) is 0. The Morgan fingerprint density at radius 3 is 2.43 bits per heavy atom. The van der Waals surface area contributed by atoms with Crippen LogP contribution in [-0.2, 0) is 19.6 Å². The Balaban J connectivity index is 3.47. The summed E-state index contributed by atoms with van der Waals surface area (Å²) < 4.78 is 43.0. The summed E-state index contributed by atoms with van der Waals surface area (Å²) in [7, 11) is -2.30. The third-order valence-electron chi connectivity index (χ3n) is 2.91. The van der Waals surface area contributed by atoms with E-state index >= 15 is 0 Å². The number of rotatable bonds is 5. The van der Waals surface area contributed by atoms with Crippen molar-refractivity contribution in [3.8, 4) is 0 Å². The predicted molar refractivity (Wildman–Crippen MR) is 69.8 cm³/mol. The van der Waals surface area contributed by atoms with E-state index in [1.807, 2.05) is 0 Å². The van der Waals surface area contributed by atoms with Gasteiger partial charge in [0.05, 0.1) is 17.6 Å². The Morgan fingerprint density at radius 1 is 1.38 bits per heavy atom. The van der Waals surface area contributed by atoms with Gasteiger partial charge in [0.15, 0.2) is 0 Å². The van der Waals surface area contributed by atoms with Crippen molar-refractivity contribution in [2.45, 2.75) is 17.9 Å². The first-order valence-electron chi connectivity index (χ1n) is 5.71. The van der Waals surface area contributed by atoms with Gasteiger partial charge in [0.1, 0.15) is 11.9 Å². The number of methoxy groups -OCH3 is 1. The molecule has 0 aliphatic carbocycles. The van der Waals surface area contributed by atoms with E-state index in [2.05, 4.69) is 4.74 Å². The summed E-state index contributed by atoms with van der Waals surface area (Å²) in [5.41, 5.74) is -0.372. The van der Waals surface area contributed by atoms with Crippen molar-refractivity contribution in [3.63, 3.8) is 0 Å². The highest BCUT2D eigenvalue weighted by Crippen LogP contribution is 2.23. The number of likely N-dealkylation sites (N-methyl/N-ethyl adjacent to an activating group) is 1. The lowest BCUT2D eigenvalue weighted by atomic mass is 10.2. The molecule has 9 heteroatoms. The maximum absolute atomic E-state index is 13.3. The number of halogens is 1. The molecule has 0 spiro atoms. The lowest BCUT2D eigenvalue weighted by Gasteiger charge is -2.22. The quantitative estimate of drug-likeness (QED) is 0.802. The van der Waals surface area contributed by atoms with Gasteiger partial charge in [-0.3, -0.25) is 4.79 Å². The summed E-state index contributed by atoms with van der Waals surface area (Å²) in [5.74, 6) is -3.22. The summed E-state index contributed by atoms with van der Waals surface area (Å²) >= 11 is 0. The van der Waals surface area contributed by atoms with Gasteiger partial charge in [-0.15, -0.1) is 0 Å². The molecule has 1 unspecified atom stereocenters. The Kier molecular flexibility index (Phi) is 5.02. The minimum absolute atomic E-state index is 0.372. The van der Waals surface area contributed by atoms with Crippen molar-refractivity contribution in [1.82, 2.24) is 4.31 Å². The van der Waals surface area contributed by atoms with Crippen LogP contribution in [0, 0.1) is 5.82 Å². The summed E-state index contributed by atoms with van der Waals surface area (Å²) in [5, 5.41) is 8.87. The molecule has 0 radical (unpaired) electrons. The van der Waals surface area contributed by atoms with Crippen LogP contribution in [0.1, 0.15) is 17.3 Å². The molecule has 1 rings (SSSR count). The lowest BCUT2D eigenvalue weighted by Crippen LogP contribution is -2.40. The van der Waals surface area contributed by atoms with Crippen LogP contribution >= 0.6 is 0 Å². The van der Waals surface area contributed by atoms with E-state index in [0.29, 0.717) is 10.4 Å². The molecule has 0 heterocycles. The Morgan fingerprint density at radius 2 is 1.95 bits per heavy atom. The van der Waals surface area contributed by atoms with E-state index in [0.717, 1.165) is 33.2 Å². The van der Waals surface area contributed by atoms with Crippen LogP contribution in [0.5, 0.6) is 0 Å². The largest absolute Gasteiger partial charge is 0.480 e. The SMILES string of the molecule is COC(=O)c1ccc(F)cc1S(=O)(=O)N(C)C(C)C(=O)O. The zero-order chi connectivity index (χ0) is 16.4. The van der Waals surface area contributed by atoms with Crippen LogP contribution in [0.3, 0.4) is 0 Å². The third kappa shape index (κ3) is 3.37. The van der Waals surface area contributed by atoms with Gasteiger partial charge in [-0.2, -0.15) is 4.31 Å². The van der Waals surface area contributed by atoms with Gasteiger partial charge in [0.25, 0.3) is 0 Å². The predicted octanol–water partition coefficient (Wildman–Crippen LogP) is 0.706. The molecule has 0 aliphatic heterocycles. The fourth-order valence-electron chi connectivity index (χ4n) is 1.51. The van der Waals surface area contributed by atoms with Crippen molar-refractivity contribution in [3.05, 3.63) is 29.6 Å². The van der Waals surface area contributed by atoms with Crippen molar-refractivity contribution in [2.24, 2.45) is 0 Å². The number of sulfonamides is 1. The number of benzene rings is 1. The highest BCUT2D eigenvalue weighted by atomic mass is 32.2. The maximum atomic E-state index is 13.3. The zero-order valence-electron chi connectivity index (χ0n) is 11.5. The van der Waals surface area contributed by atoms with E-state index in [4.69, 9.17) is 5.11 Å². The van der Waals surface area contributed by atoms with Gasteiger partial charge in [-0.25, -0.2) is 17.6 Å². The molecule has 0 amide bonds. The van der Waals surface area contributed by atoms with Crippen molar-refractivity contribution in [1.29, 1.82) is 0 Å². The number of carboxylic acid groups (broad SMARTS) is 1. The number of nitrogens with zero attached hydrogens (tertiary/aromatic N) is 1. The van der Waals surface area contributed by atoms with E-state index in [-0.39, 0.29) is 5.56 Å². The number of esters is 1. The number of hydrogen-bond donors (Lipinski definition) is 1. The second kappa shape index (κ2) is 6.19. The molecule has 0 bridgehead atoms. The summed E-state index contributed by atoms with van der Waals surface area (Å²) in [6, 6.07) is 1.13. The highest BCUT2D eigenvalue weighted by Gasteiger charge is 2.33. The average Bonchev–Trinajstić information content (AvgIpc) is 2.44. The lowest BCUT2D eigenvalue weighted by molar-refractivity contribution is -0.140. The molecule has 1 aromatic rings. The van der Waals surface area contributed by atoms with Crippen molar-refractivity contribution in [2.75, 3.05) is 14.2 Å². The molecule has 0 aliphatic rings. The number of carbonyl (C=O) groups is 2. The molecule has 21 heavy (non-hydrogen) atoms. The number of carbonyl (C=O) groups excluding carboxylic acids is 1. The molecule has 0 fully saturated rings. The monoisotopic (exact) mass is 319 g/mol. The number of hydrogen-bond acceptors (Lipinski definition) is 5. The molecule has 0 saturated heterocycles. The first-order chi connectivity index (χ1) is 9.62. The third-order valence-corrected chi connectivity index (χ3v) is 4.88. The minimum atomic E-state index is -4.38. The molecule has 116 valence electrons. The fraction of sp³-hybridized carbons (Fsp3) is 0.333. The van der Waals surface area contributed by atoms with Gasteiger partial charge < -0.3 is 9.84 Å². The smallest absolute Gasteiger partial charge is 0.339 e. The van der Waals surface area contributed by atoms with E-state index in [9.17, 15) is 22.4 Å². The van der Waals surface area contributed by atoms with Crippen LogP contribution in [0.2, 0.25) is 0 Å². The van der Waals surface area contributed by atoms with Gasteiger partial charge in [0, 0.05) is 7.05 Å². The van der Waals surface area contributed by atoms with E-state index < -0.39 is 38.7 Å². The summed E-state index contributed by atoms with van der Waals surface area (Å²) in [4.78, 5) is 21.8. The number of carboxylic acids is 1. The second-order valence-electron chi connectivity index (χ2n) is 4.17. The maximum Gasteiger partial charge on any atom is 0.339 e. The van der Waals surface area contributed by atoms with E-state index in [1.165, 1.54) is 0 Å². The van der Waals surface area contributed by atoms with Gasteiger partial charge >= 0.3 is 11.9 Å². The van der Waals surface area contributed by atoms with Crippen LogP contribution in [0.25, 0.3) is 0 Å². The van der Waals surface area contributed by atoms with E-state index in [1.54, 1.807) is 0 Å². The Labute approximate surface area is 121 Å². The second-order valence-corrected chi connectivity index (χ2v) is 6.13. The van der Waals surface area contributed by atoms with Crippen LogP contribution < -0.4 is 0 Å². The average molecular weight is 319 g/mol. The molecule has 1 N–H and O–H groups in total. The van der Waals surface area contributed by atoms with Crippen LogP contribution in [-0.4, -0.2) is 50.0 Å². The molecule has 7 nitrogen and oxygen atoms in total. The Bertz CT molecular complexity index is 672. The van der Waals surface area contributed by atoms with Gasteiger partial charge in [-0.1, -0.05) is 0 Å². The van der Waals surface area contributed by atoms with Gasteiger partial charge in [0.2, 0.25) is 10.0 Å². The molecule has 1 aromatic carbocycles. The molecule has 0 saturated carbocycles. The molecular formula is C12H14FNO6S. The summed E-state index contributed by atoms with van der Waals surface area (Å²) in [6.45, 7) is 1.15. The van der Waals surface area contributed by atoms with Gasteiger partial charge in [-0.05, 0) is 25.1 Å². The number of ether oxygens (including phenoxy) is 1. The topological polar surface area (TPSA) is 101 Å². The van der Waals surface area contributed by atoms with Crippen LogP contribution in [0.4, 0.5) is 4.39 Å². The van der Waals surface area contributed by atoms with Crippen molar-refractivity contribution < 1.29 is 32.2 Å². The zero-order valence-corrected chi connectivity index (χ0v) is 12.3. The first-order valence-corrected chi connectivity index (χ1v) is 7.15. The van der Waals surface area contributed by atoms with Crippen LogP contribution in [0.15, 0.2) is 23.1 Å². The first kappa shape index (κ1) is 17.1. The molecule has 0 aromatic heterocycles. The normalized spacial score (nSPS) is 13.0. The Hall–Kier alpha value is -2.00. The minimum Gasteiger partial charge on any atom is -0.480 e. The van der Waals surface area contributed by atoms with Crippen molar-refractivity contribution >= 4 is 22.0 Å². The molecular weight excluding hydrogens is 305 g/mol. The number of aliphatic carboxylic acids is 1. The standard InChI is InChI=1S/C12H14FNO6S/c1-7(11(15)16)14(2)21(18,19)10-6-8(13)4-5-9(10)12(17)20-3/h4-7H,1-3H3,(H,15,16). The fourth-order valence-corrected chi connectivity index (χ4v) is 3.01.